The molecule has 0 fully saturated rings. The van der Waals surface area contributed by atoms with E-state index in [1.165, 1.54) is 0 Å². The number of ether oxygens (including phenoxy) is 3. The molecule has 0 radical (unpaired) electrons. The second-order valence-electron chi connectivity index (χ2n) is 6.76. The summed E-state index contributed by atoms with van der Waals surface area (Å²) < 4.78 is 16.9. The van der Waals surface area contributed by atoms with E-state index in [4.69, 9.17) is 14.2 Å². The molecule has 0 atom stereocenters. The first kappa shape index (κ1) is 24.6. The lowest BCUT2D eigenvalue weighted by atomic mass is 10.0. The maximum absolute atomic E-state index is 12.2. The third kappa shape index (κ3) is 7.86. The van der Waals surface area contributed by atoms with Crippen molar-refractivity contribution in [2.75, 3.05) is 19.8 Å². The van der Waals surface area contributed by atoms with Gasteiger partial charge in [-0.05, 0) is 79.1 Å². The molecule has 1 N–H and O–H groups in total. The number of nitrogens with zero attached hydrogens (tertiary/aromatic N) is 1. The van der Waals surface area contributed by atoms with Crippen LogP contribution in [-0.2, 0) is 20.7 Å². The molecule has 0 aliphatic carbocycles. The molecule has 0 saturated heterocycles. The van der Waals surface area contributed by atoms with Crippen LogP contribution in [0.25, 0.3) is 0 Å². The van der Waals surface area contributed by atoms with E-state index in [0.717, 1.165) is 25.8 Å². The zero-order valence-corrected chi connectivity index (χ0v) is 20.3. The normalized spacial score (nSPS) is 10.7. The molecular formula is C23H27IN2O5. The highest BCUT2D eigenvalue weighted by Gasteiger charge is 2.14. The number of hydrogen-bond acceptors (Lipinski definition) is 6. The van der Waals surface area contributed by atoms with Crippen molar-refractivity contribution in [3.05, 3.63) is 56.2 Å². The van der Waals surface area contributed by atoms with E-state index in [2.05, 4.69) is 39.2 Å². The third-order valence-corrected chi connectivity index (χ3v) is 5.02. The molecule has 0 unspecified atom stereocenters. The van der Waals surface area contributed by atoms with Crippen molar-refractivity contribution in [3.63, 3.8) is 0 Å². The lowest BCUT2D eigenvalue weighted by Crippen LogP contribution is -2.20. The third-order valence-electron chi connectivity index (χ3n) is 4.22. The zero-order chi connectivity index (χ0) is 22.8. The van der Waals surface area contributed by atoms with Gasteiger partial charge in [-0.25, -0.2) is 10.2 Å². The molecule has 0 aliphatic heterocycles. The van der Waals surface area contributed by atoms with Crippen LogP contribution in [0.1, 0.15) is 36.1 Å². The highest BCUT2D eigenvalue weighted by molar-refractivity contribution is 14.1. The number of carbonyl (C=O) groups is 2. The summed E-state index contributed by atoms with van der Waals surface area (Å²) in [5.74, 6) is 0.309. The van der Waals surface area contributed by atoms with E-state index in [0.29, 0.717) is 24.7 Å². The molecule has 0 saturated carbocycles. The van der Waals surface area contributed by atoms with Gasteiger partial charge in [0.15, 0.2) is 18.1 Å². The van der Waals surface area contributed by atoms with Crippen molar-refractivity contribution >= 4 is 40.7 Å². The number of rotatable bonds is 10. The van der Waals surface area contributed by atoms with Crippen LogP contribution in [-0.4, -0.2) is 37.9 Å². The van der Waals surface area contributed by atoms with Crippen molar-refractivity contribution in [1.29, 1.82) is 0 Å². The topological polar surface area (TPSA) is 86.2 Å². The summed E-state index contributed by atoms with van der Waals surface area (Å²) in [7, 11) is 0. The fraction of sp³-hybridized carbons (Fsp3) is 0.348. The largest absolute Gasteiger partial charge is 0.490 e. The van der Waals surface area contributed by atoms with Crippen molar-refractivity contribution in [2.45, 2.75) is 34.1 Å². The number of nitrogens with one attached hydrogen (secondary N) is 1. The minimum Gasteiger partial charge on any atom is -0.490 e. The van der Waals surface area contributed by atoms with Gasteiger partial charge in [-0.1, -0.05) is 23.8 Å². The van der Waals surface area contributed by atoms with Gasteiger partial charge >= 0.3 is 5.97 Å². The smallest absolute Gasteiger partial charge is 0.344 e. The van der Waals surface area contributed by atoms with Gasteiger partial charge in [-0.15, -0.1) is 0 Å². The van der Waals surface area contributed by atoms with Crippen LogP contribution < -0.4 is 14.9 Å². The Balaban J connectivity index is 2.05. The van der Waals surface area contributed by atoms with Crippen LogP contribution in [0, 0.1) is 17.4 Å². The van der Waals surface area contributed by atoms with E-state index in [1.807, 2.05) is 39.0 Å². The Hall–Kier alpha value is -2.62. The standard InChI is InChI=1S/C23H27IN2O5/c1-5-29-20-11-17(10-19(24)23(20)31-14-22(28)30-6-2)13-25-26-21(27)12-18-8-7-15(3)9-16(18)4/h7-11,13H,5-6,12,14H2,1-4H3,(H,26,27)/b25-13-. The van der Waals surface area contributed by atoms with E-state index in [9.17, 15) is 9.59 Å². The van der Waals surface area contributed by atoms with Crippen LogP contribution in [0.4, 0.5) is 0 Å². The van der Waals surface area contributed by atoms with E-state index < -0.39 is 5.97 Å². The quantitative estimate of drug-likeness (QED) is 0.215. The zero-order valence-electron chi connectivity index (χ0n) is 18.2. The molecule has 2 aromatic carbocycles. The Bertz CT molecular complexity index is 959. The van der Waals surface area contributed by atoms with Crippen LogP contribution >= 0.6 is 22.6 Å². The predicted octanol–water partition coefficient (Wildman–Crippen LogP) is 3.94. The van der Waals surface area contributed by atoms with Gasteiger partial charge in [0.25, 0.3) is 0 Å². The minimum atomic E-state index is -0.446. The van der Waals surface area contributed by atoms with Crippen LogP contribution in [0.3, 0.4) is 0 Å². The number of aryl methyl sites for hydroxylation is 2. The van der Waals surface area contributed by atoms with E-state index >= 15 is 0 Å². The molecule has 8 heteroatoms. The van der Waals surface area contributed by atoms with Gasteiger partial charge in [0, 0.05) is 0 Å². The number of amides is 1. The van der Waals surface area contributed by atoms with Crippen LogP contribution in [0.5, 0.6) is 11.5 Å². The molecule has 2 rings (SSSR count). The molecule has 0 aliphatic rings. The van der Waals surface area contributed by atoms with Crippen molar-refractivity contribution in [2.24, 2.45) is 5.10 Å². The van der Waals surface area contributed by atoms with Gasteiger partial charge in [0.1, 0.15) is 0 Å². The monoisotopic (exact) mass is 538 g/mol. The first-order valence-electron chi connectivity index (χ1n) is 9.96. The summed E-state index contributed by atoms with van der Waals surface area (Å²) in [6.45, 7) is 8.12. The molecule has 7 nitrogen and oxygen atoms in total. The number of hydrazone groups is 1. The Morgan fingerprint density at radius 2 is 1.87 bits per heavy atom. The number of hydrogen-bond donors (Lipinski definition) is 1. The molecule has 0 bridgehead atoms. The number of carbonyl (C=O) groups excluding carboxylic acids is 2. The summed E-state index contributed by atoms with van der Waals surface area (Å²) in [4.78, 5) is 23.8. The first-order valence-corrected chi connectivity index (χ1v) is 11.0. The lowest BCUT2D eigenvalue weighted by molar-refractivity contribution is -0.145. The second kappa shape index (κ2) is 12.3. The summed E-state index contributed by atoms with van der Waals surface area (Å²) >= 11 is 2.10. The maximum Gasteiger partial charge on any atom is 0.344 e. The van der Waals surface area contributed by atoms with Gasteiger partial charge < -0.3 is 14.2 Å². The Kier molecular flexibility index (Phi) is 9.77. The average molecular weight is 538 g/mol. The summed E-state index contributed by atoms with van der Waals surface area (Å²) in [5.41, 5.74) is 6.49. The highest BCUT2D eigenvalue weighted by atomic mass is 127. The molecule has 0 spiro atoms. The predicted molar refractivity (Wildman–Crippen MR) is 128 cm³/mol. The van der Waals surface area contributed by atoms with Gasteiger partial charge in [0.2, 0.25) is 5.91 Å². The van der Waals surface area contributed by atoms with Gasteiger partial charge in [-0.2, -0.15) is 5.10 Å². The maximum atomic E-state index is 12.2. The first-order chi connectivity index (χ1) is 14.8. The van der Waals surface area contributed by atoms with Gasteiger partial charge in [-0.3, -0.25) is 4.79 Å². The fourth-order valence-corrected chi connectivity index (χ4v) is 3.62. The summed E-state index contributed by atoms with van der Waals surface area (Å²) in [6.07, 6.45) is 1.80. The molecule has 1 amide bonds. The Labute approximate surface area is 196 Å². The molecule has 2 aromatic rings. The van der Waals surface area contributed by atoms with E-state index in [-0.39, 0.29) is 18.9 Å². The Morgan fingerprint density at radius 3 is 2.55 bits per heavy atom. The van der Waals surface area contributed by atoms with Crippen LogP contribution in [0.15, 0.2) is 35.4 Å². The lowest BCUT2D eigenvalue weighted by Gasteiger charge is -2.14. The highest BCUT2D eigenvalue weighted by Crippen LogP contribution is 2.34. The minimum absolute atomic E-state index is 0.197. The Morgan fingerprint density at radius 1 is 1.10 bits per heavy atom. The number of halogens is 1. The van der Waals surface area contributed by atoms with Gasteiger partial charge in [0.05, 0.1) is 29.4 Å². The molecule has 0 aromatic heterocycles. The molecular weight excluding hydrogens is 511 g/mol. The number of benzene rings is 2. The fourth-order valence-electron chi connectivity index (χ4n) is 2.83. The SMILES string of the molecule is CCOC(=O)COc1c(I)cc(/C=N\NC(=O)Cc2ccc(C)cc2C)cc1OCC. The number of esters is 1. The van der Waals surface area contributed by atoms with Crippen LogP contribution in [0.2, 0.25) is 0 Å². The van der Waals surface area contributed by atoms with Crippen molar-refractivity contribution < 1.29 is 23.8 Å². The molecule has 31 heavy (non-hydrogen) atoms. The average Bonchev–Trinajstić information content (AvgIpc) is 2.70. The van der Waals surface area contributed by atoms with Crippen molar-refractivity contribution in [1.82, 2.24) is 5.43 Å². The summed E-state index contributed by atoms with van der Waals surface area (Å²) in [6, 6.07) is 9.56. The summed E-state index contributed by atoms with van der Waals surface area (Å²) in [5, 5.41) is 4.06. The molecule has 0 heterocycles. The molecule has 166 valence electrons. The van der Waals surface area contributed by atoms with Crippen molar-refractivity contribution in [3.8, 4) is 11.5 Å². The van der Waals surface area contributed by atoms with E-state index in [1.54, 1.807) is 19.2 Å². The second-order valence-corrected chi connectivity index (χ2v) is 7.92.